The van der Waals surface area contributed by atoms with Crippen molar-refractivity contribution in [3.63, 3.8) is 0 Å². The van der Waals surface area contributed by atoms with E-state index in [4.69, 9.17) is 5.11 Å². The molecule has 2 rings (SSSR count). The molecule has 0 saturated carbocycles. The number of amides is 4. The molecule has 0 radical (unpaired) electrons. The zero-order chi connectivity index (χ0) is 15.4. The predicted octanol–water partition coefficient (Wildman–Crippen LogP) is -0.447. The topological polar surface area (TPSA) is 116 Å². The van der Waals surface area contributed by atoms with Crippen molar-refractivity contribution in [1.82, 2.24) is 15.5 Å². The minimum atomic E-state index is -1.02. The van der Waals surface area contributed by atoms with Crippen molar-refractivity contribution in [1.29, 1.82) is 0 Å². The van der Waals surface area contributed by atoms with E-state index in [0.717, 1.165) is 4.90 Å². The third kappa shape index (κ3) is 3.56. The van der Waals surface area contributed by atoms with Gasteiger partial charge in [0.05, 0.1) is 12.1 Å². The van der Waals surface area contributed by atoms with Gasteiger partial charge < -0.3 is 15.7 Å². The van der Waals surface area contributed by atoms with Gasteiger partial charge in [-0.05, 0) is 17.7 Å². The maximum Gasteiger partial charge on any atom is 0.335 e. The van der Waals surface area contributed by atoms with E-state index in [2.05, 4.69) is 10.6 Å². The Hall–Kier alpha value is -2.90. The van der Waals surface area contributed by atoms with Gasteiger partial charge in [-0.15, -0.1) is 0 Å². The summed E-state index contributed by atoms with van der Waals surface area (Å²) in [5, 5.41) is 13.6. The summed E-state index contributed by atoms with van der Waals surface area (Å²) >= 11 is 0. The van der Waals surface area contributed by atoms with Gasteiger partial charge in [0.1, 0.15) is 6.54 Å². The Balaban J connectivity index is 1.85. The lowest BCUT2D eigenvalue weighted by molar-refractivity contribution is -0.130. The summed E-state index contributed by atoms with van der Waals surface area (Å²) in [6.07, 6.45) is 0. The zero-order valence-corrected chi connectivity index (χ0v) is 11.0. The fourth-order valence-corrected chi connectivity index (χ4v) is 1.78. The van der Waals surface area contributed by atoms with Crippen LogP contribution in [0.1, 0.15) is 15.9 Å². The summed E-state index contributed by atoms with van der Waals surface area (Å²) in [7, 11) is 0. The second kappa shape index (κ2) is 6.04. The Labute approximate surface area is 119 Å². The summed E-state index contributed by atoms with van der Waals surface area (Å²) in [5.41, 5.74) is 0.870. The van der Waals surface area contributed by atoms with Crippen LogP contribution in [0.2, 0.25) is 0 Å². The van der Waals surface area contributed by atoms with Crippen LogP contribution in [-0.2, 0) is 16.1 Å². The average Bonchev–Trinajstić information content (AvgIpc) is 2.77. The molecule has 1 heterocycles. The average molecular weight is 291 g/mol. The lowest BCUT2D eigenvalue weighted by atomic mass is 10.1. The molecule has 1 aliphatic heterocycles. The number of carboxylic acids is 1. The van der Waals surface area contributed by atoms with Gasteiger partial charge in [-0.3, -0.25) is 14.5 Å². The van der Waals surface area contributed by atoms with E-state index in [1.807, 2.05) is 0 Å². The van der Waals surface area contributed by atoms with E-state index in [9.17, 15) is 19.2 Å². The van der Waals surface area contributed by atoms with Crippen molar-refractivity contribution in [2.45, 2.75) is 6.54 Å². The molecule has 1 aromatic rings. The van der Waals surface area contributed by atoms with Gasteiger partial charge in [0, 0.05) is 6.54 Å². The third-order valence-electron chi connectivity index (χ3n) is 2.93. The Morgan fingerprint density at radius 1 is 1.24 bits per heavy atom. The number of urea groups is 1. The van der Waals surface area contributed by atoms with Crippen LogP contribution in [0, 0.1) is 0 Å². The highest BCUT2D eigenvalue weighted by molar-refractivity contribution is 6.04. The Kier molecular flexibility index (Phi) is 4.17. The number of imide groups is 1. The maximum atomic E-state index is 11.7. The fraction of sp³-hybridized carbons (Fsp3) is 0.231. The van der Waals surface area contributed by atoms with E-state index < -0.39 is 23.8 Å². The van der Waals surface area contributed by atoms with Crippen LogP contribution in [0.25, 0.3) is 0 Å². The van der Waals surface area contributed by atoms with Crippen LogP contribution in [0.3, 0.4) is 0 Å². The smallest absolute Gasteiger partial charge is 0.335 e. The van der Waals surface area contributed by atoms with E-state index in [-0.39, 0.29) is 25.2 Å². The minimum Gasteiger partial charge on any atom is -0.478 e. The Bertz CT molecular complexity index is 580. The van der Waals surface area contributed by atoms with Gasteiger partial charge >= 0.3 is 12.0 Å². The largest absolute Gasteiger partial charge is 0.478 e. The van der Waals surface area contributed by atoms with Crippen LogP contribution in [-0.4, -0.2) is 46.9 Å². The summed E-state index contributed by atoms with van der Waals surface area (Å²) in [6, 6.07) is 5.44. The first-order chi connectivity index (χ1) is 9.97. The number of rotatable bonds is 5. The molecule has 1 aromatic carbocycles. The molecule has 0 spiro atoms. The van der Waals surface area contributed by atoms with Gasteiger partial charge in [0.25, 0.3) is 5.91 Å². The highest BCUT2D eigenvalue weighted by atomic mass is 16.4. The van der Waals surface area contributed by atoms with Gasteiger partial charge in [0.2, 0.25) is 5.91 Å². The number of carbonyl (C=O) groups is 4. The summed E-state index contributed by atoms with van der Waals surface area (Å²) in [5.74, 6) is -1.94. The van der Waals surface area contributed by atoms with Gasteiger partial charge in [-0.1, -0.05) is 12.1 Å². The highest BCUT2D eigenvalue weighted by Crippen LogP contribution is 2.04. The predicted molar refractivity (Wildman–Crippen MR) is 70.4 cm³/mol. The first-order valence-electron chi connectivity index (χ1n) is 6.14. The molecule has 8 heteroatoms. The number of nitrogens with zero attached hydrogens (tertiary/aromatic N) is 1. The number of aromatic carboxylic acids is 1. The zero-order valence-electron chi connectivity index (χ0n) is 11.0. The molecule has 8 nitrogen and oxygen atoms in total. The Morgan fingerprint density at radius 2 is 1.90 bits per heavy atom. The van der Waals surface area contributed by atoms with Gasteiger partial charge in [-0.25, -0.2) is 9.59 Å². The van der Waals surface area contributed by atoms with Crippen LogP contribution in [0.4, 0.5) is 4.79 Å². The van der Waals surface area contributed by atoms with Crippen molar-refractivity contribution < 1.29 is 24.3 Å². The molecule has 4 amide bonds. The first-order valence-corrected chi connectivity index (χ1v) is 6.14. The molecule has 0 aliphatic carbocycles. The van der Waals surface area contributed by atoms with Crippen molar-refractivity contribution in [2.75, 3.05) is 13.1 Å². The first kappa shape index (κ1) is 14.5. The van der Waals surface area contributed by atoms with Crippen LogP contribution >= 0.6 is 0 Å². The lowest BCUT2D eigenvalue weighted by Crippen LogP contribution is -2.40. The van der Waals surface area contributed by atoms with E-state index in [1.54, 1.807) is 12.1 Å². The second-order valence-corrected chi connectivity index (χ2v) is 4.42. The quantitative estimate of drug-likeness (QED) is 0.636. The molecule has 1 aliphatic rings. The molecule has 3 N–H and O–H groups in total. The molecule has 0 unspecified atom stereocenters. The maximum absolute atomic E-state index is 11.7. The van der Waals surface area contributed by atoms with Crippen molar-refractivity contribution in [3.05, 3.63) is 35.4 Å². The van der Waals surface area contributed by atoms with E-state index in [0.29, 0.717) is 5.56 Å². The van der Waals surface area contributed by atoms with Crippen LogP contribution in [0.5, 0.6) is 0 Å². The Morgan fingerprint density at radius 3 is 2.43 bits per heavy atom. The molecule has 1 saturated heterocycles. The van der Waals surface area contributed by atoms with Gasteiger partial charge in [-0.2, -0.15) is 0 Å². The molecule has 110 valence electrons. The molecular weight excluding hydrogens is 278 g/mol. The molecule has 0 bridgehead atoms. The van der Waals surface area contributed by atoms with Crippen LogP contribution < -0.4 is 10.6 Å². The fourth-order valence-electron chi connectivity index (χ4n) is 1.78. The molecule has 21 heavy (non-hydrogen) atoms. The SMILES string of the molecule is O=C(CN1C(=O)CNC1=O)NCc1ccc(C(=O)O)cc1. The normalized spacial score (nSPS) is 14.0. The molecule has 0 atom stereocenters. The van der Waals surface area contributed by atoms with Crippen molar-refractivity contribution in [2.24, 2.45) is 0 Å². The van der Waals surface area contributed by atoms with Crippen molar-refractivity contribution in [3.8, 4) is 0 Å². The summed E-state index contributed by atoms with van der Waals surface area (Å²) in [6.45, 7) is -0.247. The second-order valence-electron chi connectivity index (χ2n) is 4.42. The van der Waals surface area contributed by atoms with E-state index >= 15 is 0 Å². The number of carboxylic acid groups (broad SMARTS) is 1. The number of hydrogen-bond acceptors (Lipinski definition) is 4. The minimum absolute atomic E-state index is 0.0945. The van der Waals surface area contributed by atoms with Crippen LogP contribution in [0.15, 0.2) is 24.3 Å². The summed E-state index contributed by atoms with van der Waals surface area (Å²) < 4.78 is 0. The molecule has 1 fully saturated rings. The number of nitrogens with one attached hydrogen (secondary N) is 2. The third-order valence-corrected chi connectivity index (χ3v) is 2.93. The number of hydrogen-bond donors (Lipinski definition) is 3. The number of benzene rings is 1. The molecule has 0 aromatic heterocycles. The summed E-state index contributed by atoms with van der Waals surface area (Å²) in [4.78, 5) is 45.7. The highest BCUT2D eigenvalue weighted by Gasteiger charge is 2.29. The monoisotopic (exact) mass is 291 g/mol. The lowest BCUT2D eigenvalue weighted by Gasteiger charge is -2.12. The standard InChI is InChI=1S/C13H13N3O5/c17-10(7-16-11(18)6-15-13(16)21)14-5-8-1-3-9(4-2-8)12(19)20/h1-4H,5-7H2,(H,14,17)(H,15,21)(H,19,20). The molecular formula is C13H13N3O5. The number of carbonyl (C=O) groups excluding carboxylic acids is 3. The van der Waals surface area contributed by atoms with E-state index in [1.165, 1.54) is 12.1 Å². The van der Waals surface area contributed by atoms with Crippen molar-refractivity contribution >= 4 is 23.8 Å². The van der Waals surface area contributed by atoms with Gasteiger partial charge in [0.15, 0.2) is 0 Å².